The summed E-state index contributed by atoms with van der Waals surface area (Å²) in [6.45, 7) is 6.35. The molecule has 0 aliphatic heterocycles. The highest BCUT2D eigenvalue weighted by Gasteiger charge is 2.24. The highest BCUT2D eigenvalue weighted by Crippen LogP contribution is 2.16. The number of amides is 1. The van der Waals surface area contributed by atoms with Crippen LogP contribution >= 0.6 is 0 Å². The lowest BCUT2D eigenvalue weighted by Gasteiger charge is -2.24. The van der Waals surface area contributed by atoms with Crippen molar-refractivity contribution in [3.63, 3.8) is 0 Å². The first-order chi connectivity index (χ1) is 27.5. The van der Waals surface area contributed by atoms with Gasteiger partial charge in [0.05, 0.1) is 25.2 Å². The Labute approximate surface area is 346 Å². The number of aliphatic hydroxyl groups is 2. The summed E-state index contributed by atoms with van der Waals surface area (Å²) < 4.78 is 5.85. The van der Waals surface area contributed by atoms with Gasteiger partial charge in [-0.15, -0.1) is 0 Å². The van der Waals surface area contributed by atoms with E-state index in [2.05, 4.69) is 86.8 Å². The van der Waals surface area contributed by atoms with Gasteiger partial charge in [-0.3, -0.25) is 9.59 Å². The Morgan fingerprint density at radius 1 is 0.518 bits per heavy atom. The van der Waals surface area contributed by atoms with Gasteiger partial charge >= 0.3 is 5.97 Å². The van der Waals surface area contributed by atoms with Crippen molar-refractivity contribution in [2.24, 2.45) is 0 Å². The molecule has 6 nitrogen and oxygen atoms in total. The van der Waals surface area contributed by atoms with E-state index in [9.17, 15) is 19.8 Å². The smallest absolute Gasteiger partial charge is 0.306 e. The summed E-state index contributed by atoms with van der Waals surface area (Å²) in [4.78, 5) is 25.9. The number of carbonyl (C=O) groups is 2. The van der Waals surface area contributed by atoms with Gasteiger partial charge < -0.3 is 20.3 Å². The molecule has 0 heterocycles. The minimum atomic E-state index is -0.799. The molecule has 1 amide bonds. The number of carbonyl (C=O) groups excluding carboxylic acids is 2. The highest BCUT2D eigenvalue weighted by molar-refractivity contribution is 5.77. The zero-order valence-corrected chi connectivity index (χ0v) is 36.8. The average molecular weight is 784 g/mol. The summed E-state index contributed by atoms with van der Waals surface area (Å²) in [6.07, 6.45) is 52.9. The predicted octanol–water partition coefficient (Wildman–Crippen LogP) is 13.7. The van der Waals surface area contributed by atoms with Crippen molar-refractivity contribution in [1.29, 1.82) is 0 Å². The Hall–Kier alpha value is -2.44. The van der Waals surface area contributed by atoms with Crippen LogP contribution in [0.25, 0.3) is 0 Å². The first-order valence-corrected chi connectivity index (χ1v) is 23.5. The Morgan fingerprint density at radius 3 is 1.50 bits per heavy atom. The van der Waals surface area contributed by atoms with Crippen LogP contribution in [-0.4, -0.2) is 46.9 Å². The average Bonchev–Trinajstić information content (AvgIpc) is 3.19. The summed E-state index contributed by atoms with van der Waals surface area (Å²) in [5.74, 6) is -0.564. The van der Waals surface area contributed by atoms with Crippen LogP contribution in [0.2, 0.25) is 0 Å². The third-order valence-corrected chi connectivity index (χ3v) is 10.3. The van der Waals surface area contributed by atoms with Crippen molar-refractivity contribution in [3.8, 4) is 0 Å². The molecule has 0 aromatic carbocycles. The quantitative estimate of drug-likeness (QED) is 0.0326. The van der Waals surface area contributed by atoms with Gasteiger partial charge in [-0.05, 0) is 83.5 Å². The summed E-state index contributed by atoms with van der Waals surface area (Å²) in [6, 6.07) is -0.716. The highest BCUT2D eigenvalue weighted by atomic mass is 16.5. The third kappa shape index (κ3) is 38.4. The number of allylic oxidation sites excluding steroid dienone is 10. The lowest BCUT2D eigenvalue weighted by atomic mass is 10.0. The molecule has 0 rings (SSSR count). The molecule has 0 radical (unpaired) electrons. The van der Waals surface area contributed by atoms with Crippen LogP contribution in [0.1, 0.15) is 220 Å². The van der Waals surface area contributed by atoms with Gasteiger partial charge in [-0.1, -0.05) is 184 Å². The maximum atomic E-state index is 13.1. The van der Waals surface area contributed by atoms with E-state index >= 15 is 0 Å². The second-order valence-electron chi connectivity index (χ2n) is 15.8. The Balaban J connectivity index is 4.57. The number of unbranched alkanes of at least 4 members (excludes halogenated alkanes) is 19. The van der Waals surface area contributed by atoms with Crippen molar-refractivity contribution < 1.29 is 24.5 Å². The maximum absolute atomic E-state index is 13.1. The molecule has 3 N–H and O–H groups in total. The molecule has 6 heteroatoms. The van der Waals surface area contributed by atoms with Crippen molar-refractivity contribution in [3.05, 3.63) is 60.8 Å². The van der Waals surface area contributed by atoms with E-state index < -0.39 is 18.2 Å². The van der Waals surface area contributed by atoms with Gasteiger partial charge in [-0.2, -0.15) is 0 Å². The topological polar surface area (TPSA) is 95.9 Å². The zero-order valence-electron chi connectivity index (χ0n) is 36.8. The van der Waals surface area contributed by atoms with E-state index in [4.69, 9.17) is 4.74 Å². The summed E-state index contributed by atoms with van der Waals surface area (Å²) in [7, 11) is 0. The first kappa shape index (κ1) is 53.6. The van der Waals surface area contributed by atoms with Crippen LogP contribution < -0.4 is 5.32 Å². The summed E-state index contributed by atoms with van der Waals surface area (Å²) in [5.41, 5.74) is 0. The molecule has 0 saturated heterocycles. The summed E-state index contributed by atoms with van der Waals surface area (Å²) in [5, 5.41) is 23.6. The summed E-state index contributed by atoms with van der Waals surface area (Å²) >= 11 is 0. The van der Waals surface area contributed by atoms with E-state index in [1.165, 1.54) is 83.5 Å². The van der Waals surface area contributed by atoms with Crippen molar-refractivity contribution >= 4 is 11.9 Å². The minimum Gasteiger partial charge on any atom is -0.462 e. The van der Waals surface area contributed by atoms with E-state index in [1.807, 2.05) is 0 Å². The number of aliphatic hydroxyl groups excluding tert-OH is 2. The molecule has 0 bridgehead atoms. The lowest BCUT2D eigenvalue weighted by Crippen LogP contribution is -2.46. The Bertz CT molecular complexity index is 1010. The molecule has 324 valence electrons. The molecule has 0 aliphatic rings. The molecular formula is C50H89NO5. The molecule has 0 spiro atoms. The predicted molar refractivity (Wildman–Crippen MR) is 241 cm³/mol. The fourth-order valence-electron chi connectivity index (χ4n) is 6.72. The van der Waals surface area contributed by atoms with Crippen LogP contribution in [0.15, 0.2) is 60.8 Å². The normalized spacial score (nSPS) is 13.9. The van der Waals surface area contributed by atoms with Gasteiger partial charge in [0.1, 0.15) is 6.10 Å². The van der Waals surface area contributed by atoms with E-state index in [-0.39, 0.29) is 24.9 Å². The van der Waals surface area contributed by atoms with Gasteiger partial charge in [-0.25, -0.2) is 0 Å². The molecule has 3 unspecified atom stereocenters. The molecule has 3 atom stereocenters. The van der Waals surface area contributed by atoms with Gasteiger partial charge in [0.2, 0.25) is 5.91 Å². The SMILES string of the molecule is CCC/C=C\CCCCCC(CC(=O)NC(CO)C(O)CCCCCCCCCCCCCC)OC(=O)CCC/C=C\C/C=C\C/C=C\C/C=C\CCCCC. The fraction of sp³-hybridized carbons (Fsp3) is 0.760. The van der Waals surface area contributed by atoms with Crippen molar-refractivity contribution in [2.45, 2.75) is 238 Å². The van der Waals surface area contributed by atoms with E-state index in [0.717, 1.165) is 83.5 Å². The molecular weight excluding hydrogens is 695 g/mol. The fourth-order valence-corrected chi connectivity index (χ4v) is 6.72. The van der Waals surface area contributed by atoms with Gasteiger partial charge in [0.15, 0.2) is 0 Å². The molecule has 0 aliphatic carbocycles. The van der Waals surface area contributed by atoms with E-state index in [0.29, 0.717) is 25.7 Å². The number of ether oxygens (including phenoxy) is 1. The van der Waals surface area contributed by atoms with E-state index in [1.54, 1.807) is 0 Å². The van der Waals surface area contributed by atoms with Crippen LogP contribution in [0.4, 0.5) is 0 Å². The van der Waals surface area contributed by atoms with Crippen LogP contribution in [0.3, 0.4) is 0 Å². The Kier molecular flexibility index (Phi) is 41.8. The molecule has 0 aromatic rings. The van der Waals surface area contributed by atoms with Gasteiger partial charge in [0.25, 0.3) is 0 Å². The number of rotatable bonds is 41. The maximum Gasteiger partial charge on any atom is 0.306 e. The van der Waals surface area contributed by atoms with Crippen molar-refractivity contribution in [2.75, 3.05) is 6.61 Å². The van der Waals surface area contributed by atoms with Crippen LogP contribution in [0.5, 0.6) is 0 Å². The largest absolute Gasteiger partial charge is 0.462 e. The number of hydrogen-bond acceptors (Lipinski definition) is 5. The molecule has 0 saturated carbocycles. The number of hydrogen-bond donors (Lipinski definition) is 3. The second-order valence-corrected chi connectivity index (χ2v) is 15.8. The molecule has 0 aromatic heterocycles. The molecule has 0 fully saturated rings. The van der Waals surface area contributed by atoms with Crippen LogP contribution in [-0.2, 0) is 14.3 Å². The van der Waals surface area contributed by atoms with Crippen LogP contribution in [0, 0.1) is 0 Å². The standard InChI is InChI=1S/C50H89NO5/c1-4-7-10-13-16-19-21-23-24-25-26-27-29-31-34-37-40-43-50(55)56-46(41-38-35-32-18-15-12-9-6-3)44-49(54)51-47(45-52)48(53)42-39-36-33-30-28-22-20-17-14-11-8-5-2/h12,15-16,19,23-24,26-27,31,34,46-48,52-53H,4-11,13-14,17-18,20-22,25,28-30,32-33,35-45H2,1-3H3,(H,51,54)/b15-12-,19-16-,24-23-,27-26-,34-31-. The number of nitrogens with one attached hydrogen (secondary N) is 1. The zero-order chi connectivity index (χ0) is 41.0. The molecule has 56 heavy (non-hydrogen) atoms. The lowest BCUT2D eigenvalue weighted by molar-refractivity contribution is -0.151. The third-order valence-electron chi connectivity index (χ3n) is 10.3. The van der Waals surface area contributed by atoms with Crippen molar-refractivity contribution in [1.82, 2.24) is 5.32 Å². The minimum absolute atomic E-state index is 0.0428. The second kappa shape index (κ2) is 43.7. The monoisotopic (exact) mass is 784 g/mol. The number of esters is 1. The first-order valence-electron chi connectivity index (χ1n) is 23.5. The van der Waals surface area contributed by atoms with Gasteiger partial charge in [0, 0.05) is 6.42 Å². The Morgan fingerprint density at radius 2 is 0.946 bits per heavy atom.